The first-order valence-corrected chi connectivity index (χ1v) is 8.08. The van der Waals surface area contributed by atoms with E-state index < -0.39 is 0 Å². The quantitative estimate of drug-likeness (QED) is 0.583. The fourth-order valence-electron chi connectivity index (χ4n) is 2.62. The summed E-state index contributed by atoms with van der Waals surface area (Å²) in [5.74, 6) is 0.125. The molecule has 2 aromatic heterocycles. The van der Waals surface area contributed by atoms with Crippen molar-refractivity contribution < 1.29 is 4.79 Å². The van der Waals surface area contributed by atoms with Gasteiger partial charge >= 0.3 is 0 Å². The first-order valence-electron chi connectivity index (χ1n) is 7.70. The minimum Gasteiger partial charge on any atom is -0.305 e. The molecule has 0 saturated carbocycles. The summed E-state index contributed by atoms with van der Waals surface area (Å²) in [7, 11) is 0. The summed E-state index contributed by atoms with van der Waals surface area (Å²) in [5.41, 5.74) is 3.57. The van der Waals surface area contributed by atoms with Crippen molar-refractivity contribution >= 4 is 45.3 Å². The van der Waals surface area contributed by atoms with Gasteiger partial charge in [0.2, 0.25) is 0 Å². The highest BCUT2D eigenvalue weighted by Gasteiger charge is 2.10. The lowest BCUT2D eigenvalue weighted by molar-refractivity contribution is 0.102. The van der Waals surface area contributed by atoms with Crippen LogP contribution in [0.2, 0.25) is 5.02 Å². The summed E-state index contributed by atoms with van der Waals surface area (Å²) >= 11 is 6.08. The maximum Gasteiger partial charge on any atom is 0.256 e. The summed E-state index contributed by atoms with van der Waals surface area (Å²) in [4.78, 5) is 25.6. The Balaban J connectivity index is 1.64. The van der Waals surface area contributed by atoms with Crippen molar-refractivity contribution in [1.82, 2.24) is 15.0 Å². The second-order valence-electron chi connectivity index (χ2n) is 5.68. The van der Waals surface area contributed by atoms with Crippen LogP contribution in [-0.4, -0.2) is 20.9 Å². The maximum atomic E-state index is 12.5. The van der Waals surface area contributed by atoms with Crippen LogP contribution in [0.5, 0.6) is 0 Å². The second kappa shape index (κ2) is 6.11. The van der Waals surface area contributed by atoms with Gasteiger partial charge in [-0.3, -0.25) is 9.78 Å². The lowest BCUT2D eigenvalue weighted by Crippen LogP contribution is -2.13. The minimum atomic E-state index is -0.252. The average Bonchev–Trinajstić information content (AvgIpc) is 2.61. The van der Waals surface area contributed by atoms with Crippen LogP contribution in [-0.2, 0) is 0 Å². The average molecular weight is 349 g/mol. The number of benzene rings is 2. The number of fused-ring (bicyclic) bond motifs is 2. The van der Waals surface area contributed by atoms with E-state index in [0.29, 0.717) is 27.4 Å². The predicted octanol–water partition coefficient (Wildman–Crippen LogP) is 4.39. The Bertz CT molecular complexity index is 1130. The Morgan fingerprint density at radius 2 is 1.92 bits per heavy atom. The van der Waals surface area contributed by atoms with Gasteiger partial charge in [-0.1, -0.05) is 23.7 Å². The Morgan fingerprint density at radius 1 is 1.04 bits per heavy atom. The van der Waals surface area contributed by atoms with E-state index in [9.17, 15) is 4.79 Å². The number of hydrogen-bond acceptors (Lipinski definition) is 4. The Hall–Kier alpha value is -3.05. The fraction of sp³-hybridized carbons (Fsp3) is 0.0526. The van der Waals surface area contributed by atoms with Crippen LogP contribution in [0.4, 0.5) is 5.82 Å². The lowest BCUT2D eigenvalue weighted by Gasteiger charge is -2.07. The number of anilines is 1. The van der Waals surface area contributed by atoms with E-state index in [-0.39, 0.29) is 5.91 Å². The first kappa shape index (κ1) is 15.5. The molecular weight excluding hydrogens is 336 g/mol. The van der Waals surface area contributed by atoms with Crippen LogP contribution >= 0.6 is 11.6 Å². The third-order valence-electron chi connectivity index (χ3n) is 3.85. The summed E-state index contributed by atoms with van der Waals surface area (Å²) < 4.78 is 0. The number of nitrogens with zero attached hydrogens (tertiary/aromatic N) is 3. The molecule has 2 heterocycles. The van der Waals surface area contributed by atoms with Gasteiger partial charge in [-0.15, -0.1) is 0 Å². The van der Waals surface area contributed by atoms with E-state index in [1.165, 1.54) is 6.20 Å². The molecule has 5 nitrogen and oxygen atoms in total. The standard InChI is InChI=1S/C19H13ClN4O/c1-11-5-6-12-9-13(7-8-15(12)22-11)19(25)24-17-10-21-18-14(20)3-2-4-16(18)23-17/h2-10H,1H3,(H,23,24,25). The molecule has 0 saturated heterocycles. The van der Waals surface area contributed by atoms with E-state index in [0.717, 1.165) is 16.6 Å². The van der Waals surface area contributed by atoms with Gasteiger partial charge in [0.1, 0.15) is 5.52 Å². The van der Waals surface area contributed by atoms with Crippen molar-refractivity contribution in [3.05, 3.63) is 71.0 Å². The molecule has 0 aliphatic heterocycles. The molecule has 0 spiro atoms. The van der Waals surface area contributed by atoms with Crippen molar-refractivity contribution in [1.29, 1.82) is 0 Å². The highest BCUT2D eigenvalue weighted by atomic mass is 35.5. The number of carbonyl (C=O) groups excluding carboxylic acids is 1. The summed E-state index contributed by atoms with van der Waals surface area (Å²) in [6, 6.07) is 14.6. The molecule has 0 aliphatic carbocycles. The predicted molar refractivity (Wildman–Crippen MR) is 99.0 cm³/mol. The molecule has 0 bridgehead atoms. The van der Waals surface area contributed by atoms with Gasteiger partial charge in [-0.2, -0.15) is 0 Å². The molecular formula is C19H13ClN4O. The van der Waals surface area contributed by atoms with E-state index in [1.54, 1.807) is 24.3 Å². The molecule has 0 radical (unpaired) electrons. The van der Waals surface area contributed by atoms with E-state index in [2.05, 4.69) is 20.3 Å². The fourth-order valence-corrected chi connectivity index (χ4v) is 2.84. The van der Waals surface area contributed by atoms with E-state index >= 15 is 0 Å². The van der Waals surface area contributed by atoms with Crippen molar-refractivity contribution in [2.75, 3.05) is 5.32 Å². The zero-order chi connectivity index (χ0) is 17.4. The number of aryl methyl sites for hydroxylation is 1. The molecule has 1 N–H and O–H groups in total. The second-order valence-corrected chi connectivity index (χ2v) is 6.08. The molecule has 2 aromatic carbocycles. The SMILES string of the molecule is Cc1ccc2cc(C(=O)Nc3cnc4c(Cl)cccc4n3)ccc2n1. The van der Waals surface area contributed by atoms with Crippen molar-refractivity contribution in [2.24, 2.45) is 0 Å². The van der Waals surface area contributed by atoms with Gasteiger partial charge < -0.3 is 5.32 Å². The first-order chi connectivity index (χ1) is 12.1. The molecule has 6 heteroatoms. The number of carbonyl (C=O) groups is 1. The molecule has 122 valence electrons. The smallest absolute Gasteiger partial charge is 0.256 e. The largest absolute Gasteiger partial charge is 0.305 e. The molecule has 0 aliphatic rings. The van der Waals surface area contributed by atoms with Crippen molar-refractivity contribution in [3.63, 3.8) is 0 Å². The van der Waals surface area contributed by atoms with Crippen LogP contribution in [0.15, 0.2) is 54.7 Å². The Kier molecular flexibility index (Phi) is 3.78. The highest BCUT2D eigenvalue weighted by molar-refractivity contribution is 6.34. The minimum absolute atomic E-state index is 0.252. The molecule has 25 heavy (non-hydrogen) atoms. The van der Waals surface area contributed by atoms with Gasteiger partial charge in [-0.05, 0) is 43.3 Å². The molecule has 0 atom stereocenters. The molecule has 0 fully saturated rings. The summed E-state index contributed by atoms with van der Waals surface area (Å²) in [6.45, 7) is 1.94. The third-order valence-corrected chi connectivity index (χ3v) is 4.16. The lowest BCUT2D eigenvalue weighted by atomic mass is 10.1. The van der Waals surface area contributed by atoms with E-state index in [1.807, 2.05) is 31.2 Å². The van der Waals surface area contributed by atoms with Crippen LogP contribution in [0.3, 0.4) is 0 Å². The topological polar surface area (TPSA) is 67.8 Å². The summed E-state index contributed by atoms with van der Waals surface area (Å²) in [5, 5.41) is 4.21. The molecule has 4 aromatic rings. The number of amides is 1. The van der Waals surface area contributed by atoms with Gasteiger partial charge in [-0.25, -0.2) is 9.97 Å². The van der Waals surface area contributed by atoms with Crippen LogP contribution in [0, 0.1) is 6.92 Å². The van der Waals surface area contributed by atoms with Gasteiger partial charge in [0.15, 0.2) is 5.82 Å². The number of hydrogen-bond donors (Lipinski definition) is 1. The number of para-hydroxylation sites is 1. The van der Waals surface area contributed by atoms with Crippen molar-refractivity contribution in [3.8, 4) is 0 Å². The van der Waals surface area contributed by atoms with Crippen LogP contribution in [0.25, 0.3) is 21.9 Å². The van der Waals surface area contributed by atoms with Gasteiger partial charge in [0.05, 0.1) is 22.3 Å². The number of nitrogens with one attached hydrogen (secondary N) is 1. The molecule has 0 unspecified atom stereocenters. The zero-order valence-corrected chi connectivity index (χ0v) is 14.1. The number of pyridine rings is 1. The number of rotatable bonds is 2. The van der Waals surface area contributed by atoms with Gasteiger partial charge in [0, 0.05) is 16.6 Å². The number of halogens is 1. The monoisotopic (exact) mass is 348 g/mol. The van der Waals surface area contributed by atoms with Crippen LogP contribution < -0.4 is 5.32 Å². The Labute approximate surface area is 148 Å². The highest BCUT2D eigenvalue weighted by Crippen LogP contribution is 2.21. The summed E-state index contributed by atoms with van der Waals surface area (Å²) in [6.07, 6.45) is 1.50. The van der Waals surface area contributed by atoms with Crippen molar-refractivity contribution in [2.45, 2.75) is 6.92 Å². The molecule has 4 rings (SSSR count). The maximum absolute atomic E-state index is 12.5. The van der Waals surface area contributed by atoms with E-state index in [4.69, 9.17) is 11.6 Å². The third kappa shape index (κ3) is 3.02. The number of aromatic nitrogens is 3. The molecule has 1 amide bonds. The Morgan fingerprint density at radius 3 is 2.80 bits per heavy atom. The normalized spacial score (nSPS) is 11.0. The van der Waals surface area contributed by atoms with Crippen LogP contribution in [0.1, 0.15) is 16.1 Å². The zero-order valence-electron chi connectivity index (χ0n) is 13.3. The van der Waals surface area contributed by atoms with Gasteiger partial charge in [0.25, 0.3) is 5.91 Å².